The van der Waals surface area contributed by atoms with Gasteiger partial charge >= 0.3 is 0 Å². The molecular weight excluding hydrogens is 198 g/mol. The Kier molecular flexibility index (Phi) is 3.91. The van der Waals surface area contributed by atoms with Crippen molar-refractivity contribution in [2.24, 2.45) is 0 Å². The molecule has 1 aromatic heterocycles. The van der Waals surface area contributed by atoms with Crippen LogP contribution in [0.4, 0.5) is 5.69 Å². The molecule has 0 aliphatic carbocycles. The molecule has 0 bridgehead atoms. The van der Waals surface area contributed by atoms with Gasteiger partial charge in [0.05, 0.1) is 6.04 Å². The minimum Gasteiger partial charge on any atom is -0.398 e. The molecule has 4 nitrogen and oxygen atoms in total. The molecule has 1 aromatic rings. The molecule has 0 aliphatic rings. The molecule has 0 aliphatic heterocycles. The summed E-state index contributed by atoms with van der Waals surface area (Å²) in [6.07, 6.45) is 0. The van der Waals surface area contributed by atoms with Crippen molar-refractivity contribution in [1.29, 1.82) is 0 Å². The predicted octanol–water partition coefficient (Wildman–Crippen LogP) is 0.554. The second kappa shape index (κ2) is 4.97. The zero-order valence-corrected chi connectivity index (χ0v) is 9.15. The lowest BCUT2D eigenvalue weighted by atomic mass is 10.3. The first kappa shape index (κ1) is 11.0. The van der Waals surface area contributed by atoms with Crippen LogP contribution in [0.2, 0.25) is 0 Å². The Balaban J connectivity index is 2.41. The summed E-state index contributed by atoms with van der Waals surface area (Å²) < 4.78 is 0. The molecule has 0 saturated carbocycles. The molecule has 1 amide bonds. The number of amides is 1. The van der Waals surface area contributed by atoms with E-state index in [1.165, 1.54) is 0 Å². The van der Waals surface area contributed by atoms with Gasteiger partial charge in [-0.05, 0) is 18.4 Å². The molecule has 1 atom stereocenters. The van der Waals surface area contributed by atoms with Crippen LogP contribution in [0.5, 0.6) is 0 Å². The van der Waals surface area contributed by atoms with Gasteiger partial charge in [0.2, 0.25) is 5.91 Å². The van der Waals surface area contributed by atoms with Crippen LogP contribution < -0.4 is 16.4 Å². The average Bonchev–Trinajstić information content (AvgIpc) is 2.59. The Labute approximate surface area is 87.5 Å². The highest BCUT2D eigenvalue weighted by atomic mass is 32.1. The van der Waals surface area contributed by atoms with Crippen LogP contribution in [0.15, 0.2) is 11.4 Å². The predicted molar refractivity (Wildman–Crippen MR) is 59.1 cm³/mol. The maximum atomic E-state index is 11.2. The molecule has 5 heteroatoms. The standard InChI is InChI=1S/C9H15N3OS/c1-6(9(13)11-2)12-5-8-7(10)3-4-14-8/h3-4,6,12H,5,10H2,1-2H3,(H,11,13). The van der Waals surface area contributed by atoms with Gasteiger partial charge in [0.25, 0.3) is 0 Å². The fourth-order valence-electron chi connectivity index (χ4n) is 1.05. The molecule has 0 fully saturated rings. The number of hydrogen-bond donors (Lipinski definition) is 3. The fraction of sp³-hybridized carbons (Fsp3) is 0.444. The number of thiophene rings is 1. The highest BCUT2D eigenvalue weighted by Gasteiger charge is 2.10. The van der Waals surface area contributed by atoms with E-state index in [0.717, 1.165) is 10.6 Å². The van der Waals surface area contributed by atoms with E-state index >= 15 is 0 Å². The third-order valence-electron chi connectivity index (χ3n) is 1.99. The van der Waals surface area contributed by atoms with Crippen LogP contribution in [0.1, 0.15) is 11.8 Å². The SMILES string of the molecule is CNC(=O)C(C)NCc1sccc1N. The number of likely N-dealkylation sites (N-methyl/N-ethyl adjacent to an activating group) is 1. The fourth-order valence-corrected chi connectivity index (χ4v) is 1.80. The molecule has 0 saturated heterocycles. The van der Waals surface area contributed by atoms with Crippen molar-refractivity contribution in [2.45, 2.75) is 19.5 Å². The van der Waals surface area contributed by atoms with Gasteiger partial charge in [0.1, 0.15) is 0 Å². The van der Waals surface area contributed by atoms with Crippen molar-refractivity contribution in [3.05, 3.63) is 16.3 Å². The number of carbonyl (C=O) groups is 1. The van der Waals surface area contributed by atoms with E-state index in [-0.39, 0.29) is 11.9 Å². The Morgan fingerprint density at radius 3 is 2.93 bits per heavy atom. The van der Waals surface area contributed by atoms with Crippen LogP contribution in [0.25, 0.3) is 0 Å². The van der Waals surface area contributed by atoms with Crippen molar-refractivity contribution in [3.8, 4) is 0 Å². The lowest BCUT2D eigenvalue weighted by Gasteiger charge is -2.11. The second-order valence-corrected chi connectivity index (χ2v) is 4.02. The highest BCUT2D eigenvalue weighted by Crippen LogP contribution is 2.18. The van der Waals surface area contributed by atoms with Crippen molar-refractivity contribution < 1.29 is 4.79 Å². The Morgan fingerprint density at radius 2 is 2.43 bits per heavy atom. The number of rotatable bonds is 4. The normalized spacial score (nSPS) is 12.4. The lowest BCUT2D eigenvalue weighted by Crippen LogP contribution is -2.40. The molecule has 1 heterocycles. The van der Waals surface area contributed by atoms with E-state index in [4.69, 9.17) is 5.73 Å². The first-order chi connectivity index (χ1) is 6.65. The molecule has 0 radical (unpaired) electrons. The monoisotopic (exact) mass is 213 g/mol. The Hall–Kier alpha value is -1.07. The zero-order chi connectivity index (χ0) is 10.6. The van der Waals surface area contributed by atoms with E-state index in [2.05, 4.69) is 10.6 Å². The number of nitrogens with one attached hydrogen (secondary N) is 2. The Morgan fingerprint density at radius 1 is 1.71 bits per heavy atom. The third-order valence-corrected chi connectivity index (χ3v) is 2.93. The van der Waals surface area contributed by atoms with E-state index in [1.807, 2.05) is 18.4 Å². The topological polar surface area (TPSA) is 67.2 Å². The summed E-state index contributed by atoms with van der Waals surface area (Å²) in [4.78, 5) is 12.2. The molecule has 78 valence electrons. The smallest absolute Gasteiger partial charge is 0.236 e. The first-order valence-corrected chi connectivity index (χ1v) is 5.30. The van der Waals surface area contributed by atoms with Gasteiger partial charge in [-0.25, -0.2) is 0 Å². The van der Waals surface area contributed by atoms with Gasteiger partial charge in [-0.2, -0.15) is 0 Å². The molecule has 4 N–H and O–H groups in total. The van der Waals surface area contributed by atoms with Gasteiger partial charge in [-0.3, -0.25) is 4.79 Å². The quantitative estimate of drug-likeness (QED) is 0.684. The van der Waals surface area contributed by atoms with Crippen molar-refractivity contribution in [2.75, 3.05) is 12.8 Å². The molecule has 0 spiro atoms. The summed E-state index contributed by atoms with van der Waals surface area (Å²) in [5.41, 5.74) is 6.49. The highest BCUT2D eigenvalue weighted by molar-refractivity contribution is 7.10. The van der Waals surface area contributed by atoms with Gasteiger partial charge in [0, 0.05) is 24.2 Å². The molecule has 0 aromatic carbocycles. The minimum atomic E-state index is -0.193. The van der Waals surface area contributed by atoms with Crippen LogP contribution in [0.3, 0.4) is 0 Å². The summed E-state index contributed by atoms with van der Waals surface area (Å²) in [6, 6.07) is 1.67. The van der Waals surface area contributed by atoms with Crippen LogP contribution >= 0.6 is 11.3 Å². The maximum absolute atomic E-state index is 11.2. The van der Waals surface area contributed by atoms with Crippen LogP contribution in [0, 0.1) is 0 Å². The maximum Gasteiger partial charge on any atom is 0.236 e. The largest absolute Gasteiger partial charge is 0.398 e. The van der Waals surface area contributed by atoms with E-state index < -0.39 is 0 Å². The summed E-state index contributed by atoms with van der Waals surface area (Å²) >= 11 is 1.59. The zero-order valence-electron chi connectivity index (χ0n) is 8.33. The Bertz CT molecular complexity index is 311. The van der Waals surface area contributed by atoms with Crippen LogP contribution in [-0.4, -0.2) is 19.0 Å². The molecule has 14 heavy (non-hydrogen) atoms. The van der Waals surface area contributed by atoms with Crippen LogP contribution in [-0.2, 0) is 11.3 Å². The third kappa shape index (κ3) is 2.71. The van der Waals surface area contributed by atoms with E-state index in [9.17, 15) is 4.79 Å². The van der Waals surface area contributed by atoms with Gasteiger partial charge < -0.3 is 16.4 Å². The number of hydrogen-bond acceptors (Lipinski definition) is 4. The first-order valence-electron chi connectivity index (χ1n) is 4.42. The van der Waals surface area contributed by atoms with Gasteiger partial charge in [-0.1, -0.05) is 0 Å². The van der Waals surface area contributed by atoms with Crippen molar-refractivity contribution >= 4 is 22.9 Å². The molecule has 1 unspecified atom stereocenters. The van der Waals surface area contributed by atoms with E-state index in [1.54, 1.807) is 18.4 Å². The number of nitrogens with two attached hydrogens (primary N) is 1. The molecular formula is C9H15N3OS. The van der Waals surface area contributed by atoms with Gasteiger partial charge in [0.15, 0.2) is 0 Å². The lowest BCUT2D eigenvalue weighted by molar-refractivity contribution is -0.122. The second-order valence-electron chi connectivity index (χ2n) is 3.02. The molecule has 1 rings (SSSR count). The summed E-state index contributed by atoms with van der Waals surface area (Å²) in [5.74, 6) is -0.0138. The average molecular weight is 213 g/mol. The summed E-state index contributed by atoms with van der Waals surface area (Å²) in [6.45, 7) is 2.46. The summed E-state index contributed by atoms with van der Waals surface area (Å²) in [7, 11) is 1.63. The van der Waals surface area contributed by atoms with E-state index in [0.29, 0.717) is 6.54 Å². The minimum absolute atomic E-state index is 0.0138. The number of anilines is 1. The number of carbonyl (C=O) groups excluding carboxylic acids is 1. The van der Waals surface area contributed by atoms with Crippen molar-refractivity contribution in [1.82, 2.24) is 10.6 Å². The van der Waals surface area contributed by atoms with Crippen molar-refractivity contribution in [3.63, 3.8) is 0 Å². The van der Waals surface area contributed by atoms with Gasteiger partial charge in [-0.15, -0.1) is 11.3 Å². The number of nitrogen functional groups attached to an aromatic ring is 1. The summed E-state index contributed by atoms with van der Waals surface area (Å²) in [5, 5.41) is 7.62.